The molecule has 0 atom stereocenters. The largest absolute Gasteiger partial charge is 0.490 e. The van der Waals surface area contributed by atoms with Gasteiger partial charge in [-0.05, 0) is 66.8 Å². The van der Waals surface area contributed by atoms with E-state index >= 15 is 0 Å². The Morgan fingerprint density at radius 1 is 1.00 bits per heavy atom. The Morgan fingerprint density at radius 3 is 2.24 bits per heavy atom. The van der Waals surface area contributed by atoms with Gasteiger partial charge in [0.25, 0.3) is 0 Å². The van der Waals surface area contributed by atoms with Gasteiger partial charge in [-0.1, -0.05) is 30.3 Å². The number of rotatable bonds is 11. The van der Waals surface area contributed by atoms with E-state index in [4.69, 9.17) is 32.5 Å². The molecule has 0 saturated carbocycles. The number of carboxylic acid groups (broad SMARTS) is 1. The molecule has 0 spiro atoms. The van der Waals surface area contributed by atoms with E-state index in [1.165, 1.54) is 23.9 Å². The molecule has 2 amide bonds. The van der Waals surface area contributed by atoms with Crippen LogP contribution < -0.4 is 33.2 Å². The van der Waals surface area contributed by atoms with E-state index in [1.54, 1.807) is 36.6 Å². The number of para-hydroxylation sites is 1. The fraction of sp³-hybridized carbons (Fsp3) is 0.161. The van der Waals surface area contributed by atoms with Crippen molar-refractivity contribution in [2.75, 3.05) is 30.0 Å². The summed E-state index contributed by atoms with van der Waals surface area (Å²) in [5, 5.41) is 23.8. The molecule has 19 heteroatoms. The molecule has 13 nitrogen and oxygen atoms in total. The molecule has 0 bridgehead atoms. The minimum Gasteiger partial charge on any atom is -0.475 e. The summed E-state index contributed by atoms with van der Waals surface area (Å²) < 4.78 is 59.8. The number of thiophene rings is 1. The summed E-state index contributed by atoms with van der Waals surface area (Å²) in [5.74, 6) is -3.10. The number of guanidine groups is 1. The van der Waals surface area contributed by atoms with E-state index in [9.17, 15) is 26.4 Å². The molecular weight excluding hydrogens is 718 g/mol. The number of hydrogen-bond acceptors (Lipinski definition) is 9. The number of anilines is 2. The molecule has 0 unspecified atom stereocenters. The Hall–Kier alpha value is -5.27. The second-order valence-electron chi connectivity index (χ2n) is 10.1. The van der Waals surface area contributed by atoms with E-state index in [2.05, 4.69) is 20.9 Å². The number of carbonyl (C=O) groups is 2. The van der Waals surface area contributed by atoms with E-state index in [1.807, 2.05) is 37.3 Å². The molecule has 50 heavy (non-hydrogen) atoms. The highest BCUT2D eigenvalue weighted by Gasteiger charge is 2.38. The number of amides is 2. The maximum absolute atomic E-state index is 13.8. The van der Waals surface area contributed by atoms with Crippen molar-refractivity contribution in [1.82, 2.24) is 5.32 Å². The van der Waals surface area contributed by atoms with E-state index in [0.29, 0.717) is 50.2 Å². The van der Waals surface area contributed by atoms with Crippen LogP contribution in [0.15, 0.2) is 91.8 Å². The van der Waals surface area contributed by atoms with Gasteiger partial charge in [0.2, 0.25) is 9.84 Å². The Bertz CT molecular complexity index is 2000. The lowest BCUT2D eigenvalue weighted by molar-refractivity contribution is -0.192. The van der Waals surface area contributed by atoms with Crippen molar-refractivity contribution in [2.24, 2.45) is 22.2 Å². The molecule has 0 aliphatic heterocycles. The SMILES string of the molecule is CSc1sc(C(=N)N)cc1S(=O)(=O)c1cccc(-c2c(C)cc(N=C(N)N)cc2NC(=O)NCCNc2ccccc2)c1.O=C(O)C(F)(F)F. The van der Waals surface area contributed by atoms with Crippen LogP contribution in [0.4, 0.5) is 35.0 Å². The van der Waals surface area contributed by atoms with Crippen LogP contribution in [0.25, 0.3) is 11.1 Å². The lowest BCUT2D eigenvalue weighted by Crippen LogP contribution is -2.32. The van der Waals surface area contributed by atoms with Crippen molar-refractivity contribution in [3.63, 3.8) is 0 Å². The van der Waals surface area contributed by atoms with Crippen LogP contribution >= 0.6 is 23.1 Å². The van der Waals surface area contributed by atoms with Crippen LogP contribution in [-0.4, -0.2) is 62.8 Å². The van der Waals surface area contributed by atoms with Gasteiger partial charge >= 0.3 is 18.2 Å². The highest BCUT2D eigenvalue weighted by Crippen LogP contribution is 2.40. The highest BCUT2D eigenvalue weighted by molar-refractivity contribution is 8.01. The zero-order valence-corrected chi connectivity index (χ0v) is 28.9. The minimum absolute atomic E-state index is 0.0586. The number of halogens is 3. The molecule has 0 fully saturated rings. The number of carboxylic acids is 1. The van der Waals surface area contributed by atoms with E-state index in [0.717, 1.165) is 17.0 Å². The number of alkyl halides is 3. The fourth-order valence-corrected chi connectivity index (χ4v) is 8.24. The minimum atomic E-state index is -5.08. The van der Waals surface area contributed by atoms with Crippen molar-refractivity contribution in [3.05, 3.63) is 83.2 Å². The molecule has 0 radical (unpaired) electrons. The number of aliphatic imine (C=N–C) groups is 1. The molecule has 266 valence electrons. The number of aliphatic carboxylic acids is 1. The number of amidine groups is 1. The first kappa shape index (κ1) is 39.2. The number of urea groups is 1. The quantitative estimate of drug-likeness (QED) is 0.0424. The first-order valence-electron chi connectivity index (χ1n) is 14.2. The topological polar surface area (TPSA) is 239 Å². The van der Waals surface area contributed by atoms with Crippen molar-refractivity contribution in [3.8, 4) is 11.1 Å². The second-order valence-corrected chi connectivity index (χ2v) is 14.2. The van der Waals surface area contributed by atoms with Gasteiger partial charge in [0.05, 0.1) is 30.3 Å². The van der Waals surface area contributed by atoms with Crippen LogP contribution in [-0.2, 0) is 14.6 Å². The van der Waals surface area contributed by atoms with Gasteiger partial charge in [-0.3, -0.25) is 5.41 Å². The van der Waals surface area contributed by atoms with Crippen molar-refractivity contribution >= 4 is 73.8 Å². The van der Waals surface area contributed by atoms with Gasteiger partial charge in [0.1, 0.15) is 5.84 Å². The molecule has 4 rings (SSSR count). The highest BCUT2D eigenvalue weighted by atomic mass is 32.2. The third-order valence-corrected chi connectivity index (χ3v) is 10.8. The summed E-state index contributed by atoms with van der Waals surface area (Å²) in [6.45, 7) is 2.67. The van der Waals surface area contributed by atoms with Gasteiger partial charge in [0.15, 0.2) is 5.96 Å². The Kier molecular flexibility index (Phi) is 13.2. The van der Waals surface area contributed by atoms with Crippen molar-refractivity contribution < 1.29 is 36.3 Å². The smallest absolute Gasteiger partial charge is 0.475 e. The van der Waals surface area contributed by atoms with E-state index < -0.39 is 28.0 Å². The van der Waals surface area contributed by atoms with Gasteiger partial charge in [-0.25, -0.2) is 23.0 Å². The summed E-state index contributed by atoms with van der Waals surface area (Å²) in [7, 11) is -3.96. The number of nitrogens with two attached hydrogens (primary N) is 3. The summed E-state index contributed by atoms with van der Waals surface area (Å²) in [6, 6.07) is 20.4. The van der Waals surface area contributed by atoms with Crippen LogP contribution in [0.5, 0.6) is 0 Å². The second kappa shape index (κ2) is 16.9. The molecule has 4 aromatic rings. The van der Waals surface area contributed by atoms with Crippen molar-refractivity contribution in [1.29, 1.82) is 5.41 Å². The average molecular weight is 751 g/mol. The molecule has 11 N–H and O–H groups in total. The summed E-state index contributed by atoms with van der Waals surface area (Å²) in [5.41, 5.74) is 20.5. The first-order chi connectivity index (χ1) is 23.4. The first-order valence-corrected chi connectivity index (χ1v) is 17.7. The third-order valence-electron chi connectivity index (χ3n) is 6.42. The fourth-order valence-electron chi connectivity index (χ4n) is 4.33. The standard InChI is InChI=1S/C29H32N8O3S3.C2HF3O2/c1-17-13-20(36-28(32)33)15-22(37-29(38)35-12-11-34-19-8-4-3-5-9-19)25(17)18-7-6-10-21(14-18)43(39,40)24-16-23(26(30)31)42-27(24)41-2;3-2(4,5)1(6)7/h3-10,13-16,34H,11-12H2,1-2H3,(H3,30,31)(H4,32,33,36)(H2,35,37,38);(H,6,7). The maximum Gasteiger partial charge on any atom is 0.490 e. The molecule has 0 aliphatic carbocycles. The van der Waals surface area contributed by atoms with Crippen molar-refractivity contribution in [2.45, 2.75) is 27.1 Å². The number of carbonyl (C=O) groups excluding carboxylic acids is 1. The zero-order valence-electron chi connectivity index (χ0n) is 26.5. The monoisotopic (exact) mass is 750 g/mol. The zero-order chi connectivity index (χ0) is 37.2. The molecule has 0 saturated heterocycles. The van der Waals surface area contributed by atoms with E-state index in [-0.39, 0.29) is 21.6 Å². The van der Waals surface area contributed by atoms with Gasteiger partial charge < -0.3 is 38.3 Å². The number of aryl methyl sites for hydroxylation is 1. The molecule has 3 aromatic carbocycles. The number of hydrogen-bond donors (Lipinski definition) is 8. The lowest BCUT2D eigenvalue weighted by Gasteiger charge is -2.17. The normalized spacial score (nSPS) is 11.1. The Balaban J connectivity index is 0.000000872. The van der Waals surface area contributed by atoms with Gasteiger partial charge in [-0.2, -0.15) is 13.2 Å². The average Bonchev–Trinajstić information content (AvgIpc) is 3.49. The van der Waals surface area contributed by atoms with Gasteiger partial charge in [-0.15, -0.1) is 23.1 Å². The molecule has 1 aromatic heterocycles. The maximum atomic E-state index is 13.8. The summed E-state index contributed by atoms with van der Waals surface area (Å²) >= 11 is 2.43. The Labute approximate surface area is 293 Å². The molecule has 1 heterocycles. The third kappa shape index (κ3) is 10.6. The molecular formula is C31H33F3N8O5S3. The van der Waals surface area contributed by atoms with Gasteiger partial charge in [0, 0.05) is 24.3 Å². The molecule has 0 aliphatic rings. The Morgan fingerprint density at radius 2 is 1.66 bits per heavy atom. The number of benzene rings is 3. The predicted molar refractivity (Wildman–Crippen MR) is 190 cm³/mol. The van der Waals surface area contributed by atoms with Crippen LogP contribution in [0.3, 0.4) is 0 Å². The number of thioether (sulfide) groups is 1. The van der Waals surface area contributed by atoms with Crippen LogP contribution in [0, 0.1) is 12.3 Å². The summed E-state index contributed by atoms with van der Waals surface area (Å²) in [6.07, 6.45) is -3.31. The number of sulfone groups is 1. The number of nitrogens with zero attached hydrogens (tertiary/aromatic N) is 1. The lowest BCUT2D eigenvalue weighted by atomic mass is 9.97. The number of nitrogen functional groups attached to an aromatic ring is 1. The van der Waals surface area contributed by atoms with Crippen LogP contribution in [0.1, 0.15) is 10.4 Å². The summed E-state index contributed by atoms with van der Waals surface area (Å²) in [4.78, 5) is 26.5. The van der Waals surface area contributed by atoms with Crippen LogP contribution in [0.2, 0.25) is 0 Å². The predicted octanol–water partition coefficient (Wildman–Crippen LogP) is 5.33. The number of nitrogens with one attached hydrogen (secondary N) is 4.